The fourth-order valence-electron chi connectivity index (χ4n) is 3.66. The molecule has 0 saturated carbocycles. The van der Waals surface area contributed by atoms with E-state index in [9.17, 15) is 0 Å². The Bertz CT molecular complexity index is 898. The number of hydrogen-bond acceptors (Lipinski definition) is 4. The van der Waals surface area contributed by atoms with Crippen LogP contribution in [0.3, 0.4) is 0 Å². The third kappa shape index (κ3) is 4.71. The van der Waals surface area contributed by atoms with Gasteiger partial charge in [-0.15, -0.1) is 0 Å². The highest BCUT2D eigenvalue weighted by Gasteiger charge is 2.17. The maximum absolute atomic E-state index is 6.19. The molecular weight excluding hydrogens is 346 g/mol. The maximum Gasteiger partial charge on any atom is 0.151 e. The summed E-state index contributed by atoms with van der Waals surface area (Å²) in [6.07, 6.45) is 5.56. The van der Waals surface area contributed by atoms with Gasteiger partial charge in [0.05, 0.1) is 5.52 Å². The quantitative estimate of drug-likeness (QED) is 0.507. The van der Waals surface area contributed by atoms with Crippen LogP contribution in [0.2, 0.25) is 0 Å². The van der Waals surface area contributed by atoms with Crippen molar-refractivity contribution in [3.05, 3.63) is 53.0 Å². The Morgan fingerprint density at radius 3 is 2.57 bits per heavy atom. The molecule has 0 radical (unpaired) electrons. The second kappa shape index (κ2) is 9.69. The second-order valence-electron chi connectivity index (χ2n) is 7.56. The van der Waals surface area contributed by atoms with Gasteiger partial charge in [-0.2, -0.15) is 0 Å². The smallest absolute Gasteiger partial charge is 0.151 e. The first kappa shape index (κ1) is 20.3. The Morgan fingerprint density at radius 1 is 1.04 bits per heavy atom. The summed E-state index contributed by atoms with van der Waals surface area (Å²) in [4.78, 5) is 9.34. The van der Waals surface area contributed by atoms with Gasteiger partial charge in [-0.25, -0.2) is 9.97 Å². The minimum atomic E-state index is 0.555. The minimum absolute atomic E-state index is 0.555. The van der Waals surface area contributed by atoms with E-state index in [2.05, 4.69) is 59.0 Å². The average molecular weight is 380 g/mol. The topological polar surface area (TPSA) is 68.8 Å². The summed E-state index contributed by atoms with van der Waals surface area (Å²) < 4.78 is 2.39. The highest BCUT2D eigenvalue weighted by molar-refractivity contribution is 5.88. The number of nitrogens with one attached hydrogen (secondary N) is 1. The molecular formula is C23H33N5. The highest BCUT2D eigenvalue weighted by atomic mass is 15.1. The largest absolute Gasteiger partial charge is 0.382 e. The Balaban J connectivity index is 1.65. The van der Waals surface area contributed by atoms with E-state index in [-0.39, 0.29) is 0 Å². The molecule has 5 nitrogen and oxygen atoms in total. The van der Waals surface area contributed by atoms with Crippen LogP contribution in [-0.4, -0.2) is 21.1 Å². The Labute approximate surface area is 168 Å². The van der Waals surface area contributed by atoms with Crippen LogP contribution in [0.1, 0.15) is 55.3 Å². The standard InChI is InChI=1S/C23H33N5/c1-4-5-13-20-27-21-22(17(2)18(3)26-23(21)24)28(20)15-10-9-14-25-16-19-11-7-6-8-12-19/h6-8,11-12,25H,4-5,9-10,13-16H2,1-3H3,(H2,24,26). The number of aryl methyl sites for hydroxylation is 4. The fourth-order valence-corrected chi connectivity index (χ4v) is 3.66. The predicted molar refractivity (Wildman–Crippen MR) is 117 cm³/mol. The normalized spacial score (nSPS) is 11.4. The van der Waals surface area contributed by atoms with Crippen molar-refractivity contribution in [2.45, 2.75) is 66.0 Å². The fraction of sp³-hybridized carbons (Fsp3) is 0.478. The molecule has 3 aromatic rings. The van der Waals surface area contributed by atoms with Crippen LogP contribution < -0.4 is 11.1 Å². The third-order valence-electron chi connectivity index (χ3n) is 5.39. The van der Waals surface area contributed by atoms with E-state index in [1.807, 2.05) is 6.92 Å². The van der Waals surface area contributed by atoms with Crippen LogP contribution in [0.4, 0.5) is 5.82 Å². The molecule has 0 aliphatic heterocycles. The highest BCUT2D eigenvalue weighted by Crippen LogP contribution is 2.27. The van der Waals surface area contributed by atoms with Crippen molar-refractivity contribution >= 4 is 16.9 Å². The number of aromatic nitrogens is 3. The molecule has 3 N–H and O–H groups in total. The first-order valence-electron chi connectivity index (χ1n) is 10.5. The van der Waals surface area contributed by atoms with Gasteiger partial charge in [0.2, 0.25) is 0 Å². The lowest BCUT2D eigenvalue weighted by atomic mass is 10.2. The van der Waals surface area contributed by atoms with Crippen molar-refractivity contribution in [1.82, 2.24) is 19.9 Å². The lowest BCUT2D eigenvalue weighted by Gasteiger charge is -2.12. The van der Waals surface area contributed by atoms with Crippen molar-refractivity contribution in [3.63, 3.8) is 0 Å². The van der Waals surface area contributed by atoms with E-state index < -0.39 is 0 Å². The molecule has 0 bridgehead atoms. The average Bonchev–Trinajstić information content (AvgIpc) is 3.07. The number of fused-ring (bicyclic) bond motifs is 1. The molecule has 0 unspecified atom stereocenters. The lowest BCUT2D eigenvalue weighted by Crippen LogP contribution is -2.15. The molecule has 0 saturated heterocycles. The number of unbranched alkanes of at least 4 members (excludes halogenated alkanes) is 2. The van der Waals surface area contributed by atoms with Gasteiger partial charge in [0.25, 0.3) is 0 Å². The maximum atomic E-state index is 6.19. The summed E-state index contributed by atoms with van der Waals surface area (Å²) in [7, 11) is 0. The Morgan fingerprint density at radius 2 is 1.82 bits per heavy atom. The van der Waals surface area contributed by atoms with Crippen LogP contribution in [0.5, 0.6) is 0 Å². The van der Waals surface area contributed by atoms with E-state index in [1.54, 1.807) is 0 Å². The van der Waals surface area contributed by atoms with E-state index >= 15 is 0 Å². The second-order valence-corrected chi connectivity index (χ2v) is 7.56. The molecule has 0 aliphatic carbocycles. The Hall–Kier alpha value is -2.40. The van der Waals surface area contributed by atoms with Crippen molar-refractivity contribution in [1.29, 1.82) is 0 Å². The monoisotopic (exact) mass is 379 g/mol. The van der Waals surface area contributed by atoms with Crippen molar-refractivity contribution in [3.8, 4) is 0 Å². The summed E-state index contributed by atoms with van der Waals surface area (Å²) in [5.74, 6) is 1.70. The predicted octanol–water partition coefficient (Wildman–Crippen LogP) is 4.54. The molecule has 2 heterocycles. The summed E-state index contributed by atoms with van der Waals surface area (Å²) in [5.41, 5.74) is 11.8. The summed E-state index contributed by atoms with van der Waals surface area (Å²) in [6, 6.07) is 10.6. The lowest BCUT2D eigenvalue weighted by molar-refractivity contribution is 0.558. The third-order valence-corrected chi connectivity index (χ3v) is 5.39. The number of nitrogens with two attached hydrogens (primary N) is 1. The number of hydrogen-bond donors (Lipinski definition) is 2. The number of nitrogen functional groups attached to an aromatic ring is 1. The van der Waals surface area contributed by atoms with Gasteiger partial charge in [-0.1, -0.05) is 43.7 Å². The van der Waals surface area contributed by atoms with Gasteiger partial charge in [-0.3, -0.25) is 0 Å². The number of rotatable bonds is 10. The molecule has 28 heavy (non-hydrogen) atoms. The van der Waals surface area contributed by atoms with Crippen LogP contribution in [0, 0.1) is 13.8 Å². The van der Waals surface area contributed by atoms with E-state index in [0.717, 1.165) is 62.4 Å². The number of imidazole rings is 1. The van der Waals surface area contributed by atoms with Crippen molar-refractivity contribution < 1.29 is 0 Å². The number of benzene rings is 1. The van der Waals surface area contributed by atoms with Crippen molar-refractivity contribution in [2.24, 2.45) is 0 Å². The van der Waals surface area contributed by atoms with Gasteiger partial charge >= 0.3 is 0 Å². The summed E-state index contributed by atoms with van der Waals surface area (Å²) in [5, 5.41) is 3.54. The van der Waals surface area contributed by atoms with Gasteiger partial charge < -0.3 is 15.6 Å². The molecule has 5 heteroatoms. The number of anilines is 1. The molecule has 0 fully saturated rings. The summed E-state index contributed by atoms with van der Waals surface area (Å²) in [6.45, 7) is 9.31. The molecule has 0 aliphatic rings. The molecule has 0 spiro atoms. The van der Waals surface area contributed by atoms with Gasteiger partial charge in [0, 0.05) is 25.2 Å². The van der Waals surface area contributed by atoms with E-state index in [1.165, 1.54) is 23.1 Å². The van der Waals surface area contributed by atoms with E-state index in [4.69, 9.17) is 10.7 Å². The molecule has 0 amide bonds. The zero-order valence-electron chi connectivity index (χ0n) is 17.5. The Kier molecular flexibility index (Phi) is 7.04. The van der Waals surface area contributed by atoms with Gasteiger partial charge in [0.1, 0.15) is 11.3 Å². The van der Waals surface area contributed by atoms with Crippen LogP contribution >= 0.6 is 0 Å². The first-order chi connectivity index (χ1) is 13.6. The minimum Gasteiger partial charge on any atom is -0.382 e. The molecule has 3 rings (SSSR count). The zero-order chi connectivity index (χ0) is 19.9. The first-order valence-corrected chi connectivity index (χ1v) is 10.5. The number of pyridine rings is 1. The molecule has 2 aromatic heterocycles. The van der Waals surface area contributed by atoms with Crippen molar-refractivity contribution in [2.75, 3.05) is 12.3 Å². The molecule has 1 aromatic carbocycles. The molecule has 0 atom stereocenters. The zero-order valence-corrected chi connectivity index (χ0v) is 17.5. The number of nitrogens with zero attached hydrogens (tertiary/aromatic N) is 3. The van der Waals surface area contributed by atoms with Gasteiger partial charge in [0.15, 0.2) is 5.82 Å². The van der Waals surface area contributed by atoms with Crippen LogP contribution in [-0.2, 0) is 19.5 Å². The van der Waals surface area contributed by atoms with Gasteiger partial charge in [-0.05, 0) is 50.8 Å². The molecule has 150 valence electrons. The van der Waals surface area contributed by atoms with Crippen LogP contribution in [0.25, 0.3) is 11.0 Å². The summed E-state index contributed by atoms with van der Waals surface area (Å²) >= 11 is 0. The SMILES string of the molecule is CCCCc1nc2c(N)nc(C)c(C)c2n1CCCCNCc1ccccc1. The van der Waals surface area contributed by atoms with E-state index in [0.29, 0.717) is 5.82 Å². The van der Waals surface area contributed by atoms with Crippen LogP contribution in [0.15, 0.2) is 30.3 Å².